The average molecular weight is 633 g/mol. The van der Waals surface area contributed by atoms with E-state index in [0.717, 1.165) is 34.1 Å². The van der Waals surface area contributed by atoms with Crippen LogP contribution in [0.5, 0.6) is 5.75 Å². The van der Waals surface area contributed by atoms with Crippen molar-refractivity contribution >= 4 is 27.6 Å². The Balaban J connectivity index is 0.000000326. The van der Waals surface area contributed by atoms with Crippen LogP contribution in [-0.2, 0) is 27.3 Å². The zero-order chi connectivity index (χ0) is 32.0. The smallest absolute Gasteiger partial charge is 0.480 e. The molecule has 5 N–H and O–H groups in total. The van der Waals surface area contributed by atoms with Crippen LogP contribution in [0.4, 0.5) is 33.6 Å². The fraction of sp³-hybridized carbons (Fsp3) is 0.346. The molecular formula is C26H29F5N6O5S. The van der Waals surface area contributed by atoms with Gasteiger partial charge in [-0.25, -0.2) is 27.2 Å². The summed E-state index contributed by atoms with van der Waals surface area (Å²) in [7, 11) is -4.30. The van der Waals surface area contributed by atoms with Crippen molar-refractivity contribution < 1.29 is 45.0 Å². The first-order valence-corrected chi connectivity index (χ1v) is 14.1. The fourth-order valence-corrected chi connectivity index (χ4v) is 5.60. The lowest BCUT2D eigenvalue weighted by atomic mass is 10.0. The molecule has 1 aromatic heterocycles. The van der Waals surface area contributed by atoms with Gasteiger partial charge in [0.15, 0.2) is 0 Å². The Morgan fingerprint density at radius 3 is 2.19 bits per heavy atom. The number of piperazine rings is 1. The summed E-state index contributed by atoms with van der Waals surface area (Å²) in [5.74, 6) is -4.18. The van der Waals surface area contributed by atoms with Gasteiger partial charge in [-0.15, -0.1) is 13.2 Å². The minimum Gasteiger partial charge on any atom is -0.480 e. The summed E-state index contributed by atoms with van der Waals surface area (Å²) in [6, 6.07) is 9.66. The predicted octanol–water partition coefficient (Wildman–Crippen LogP) is 3.57. The first-order valence-electron chi connectivity index (χ1n) is 12.7. The molecule has 1 fully saturated rings. The van der Waals surface area contributed by atoms with E-state index >= 15 is 0 Å². The second-order valence-electron chi connectivity index (χ2n) is 9.20. The number of hydrogen-bond donors (Lipinski definition) is 3. The Bertz CT molecular complexity index is 1490. The third-order valence-electron chi connectivity index (χ3n) is 6.33. The number of sulfonamides is 1. The van der Waals surface area contributed by atoms with Crippen molar-refractivity contribution in [2.24, 2.45) is 5.73 Å². The topological polar surface area (TPSA) is 165 Å². The van der Waals surface area contributed by atoms with Gasteiger partial charge in [-0.3, -0.25) is 4.79 Å². The number of benzene rings is 2. The summed E-state index contributed by atoms with van der Waals surface area (Å²) in [6.45, 7) is 1.58. The van der Waals surface area contributed by atoms with Gasteiger partial charge in [-0.2, -0.15) is 4.31 Å². The van der Waals surface area contributed by atoms with E-state index in [9.17, 15) is 40.3 Å². The Kier molecular flexibility index (Phi) is 10.5. The summed E-state index contributed by atoms with van der Waals surface area (Å²) in [5, 5.41) is 9.57. The zero-order valence-corrected chi connectivity index (χ0v) is 23.5. The standard InChI is InChI=1S/C16H16F3N5O5S.C10H13F2N/c17-16(18,19)29-10-1-3-11(4-2-10)30(27,28)24-6-5-23(8-12(24)15(25)26)14-7-13(20)21-9-22-14;1-2-10(11,12)9-5-3-8(7-13)4-6-9/h1-4,7,9,12H,5-6,8H2,(H,25,26)(H2,20,21,22);3-6H,2,7,13H2,1H3/t12-;/m1./s1. The molecule has 0 aliphatic carbocycles. The van der Waals surface area contributed by atoms with Crippen LogP contribution in [0.25, 0.3) is 0 Å². The molecule has 0 radical (unpaired) electrons. The van der Waals surface area contributed by atoms with Crippen LogP contribution in [0.3, 0.4) is 0 Å². The number of anilines is 2. The minimum atomic E-state index is -4.92. The van der Waals surface area contributed by atoms with E-state index in [1.54, 1.807) is 17.0 Å². The number of rotatable bonds is 8. The van der Waals surface area contributed by atoms with Crippen LogP contribution in [0.1, 0.15) is 24.5 Å². The largest absolute Gasteiger partial charge is 0.573 e. The molecule has 3 aromatic rings. The Hall–Kier alpha value is -4.09. The molecule has 0 amide bonds. The second-order valence-corrected chi connectivity index (χ2v) is 11.1. The molecule has 0 unspecified atom stereocenters. The zero-order valence-electron chi connectivity index (χ0n) is 22.7. The third kappa shape index (κ3) is 8.71. The first-order chi connectivity index (χ1) is 20.1. The van der Waals surface area contributed by atoms with E-state index in [1.807, 2.05) is 0 Å². The maximum Gasteiger partial charge on any atom is 0.573 e. The van der Waals surface area contributed by atoms with Gasteiger partial charge in [0.1, 0.15) is 29.8 Å². The summed E-state index contributed by atoms with van der Waals surface area (Å²) in [4.78, 5) is 20.7. The normalized spacial score (nSPS) is 16.3. The molecule has 1 aliphatic rings. The van der Waals surface area contributed by atoms with E-state index in [4.69, 9.17) is 11.5 Å². The van der Waals surface area contributed by atoms with Crippen LogP contribution in [0, 0.1) is 0 Å². The van der Waals surface area contributed by atoms with Gasteiger partial charge < -0.3 is 26.2 Å². The molecule has 11 nitrogen and oxygen atoms in total. The van der Waals surface area contributed by atoms with Crippen LogP contribution in [-0.4, -0.2) is 65.8 Å². The number of aromatic nitrogens is 2. The van der Waals surface area contributed by atoms with E-state index in [0.29, 0.717) is 12.4 Å². The van der Waals surface area contributed by atoms with E-state index in [-0.39, 0.29) is 42.3 Å². The number of nitrogens with two attached hydrogens (primary N) is 2. The number of carboxylic acid groups (broad SMARTS) is 1. The highest BCUT2D eigenvalue weighted by atomic mass is 32.2. The average Bonchev–Trinajstić information content (AvgIpc) is 2.96. The van der Waals surface area contributed by atoms with E-state index < -0.39 is 40.1 Å². The van der Waals surface area contributed by atoms with Gasteiger partial charge in [0.2, 0.25) is 10.0 Å². The Labute approximate surface area is 243 Å². The summed E-state index contributed by atoms with van der Waals surface area (Å²) >= 11 is 0. The monoisotopic (exact) mass is 632 g/mol. The number of nitrogen functional groups attached to an aromatic ring is 1. The highest BCUT2D eigenvalue weighted by molar-refractivity contribution is 7.89. The van der Waals surface area contributed by atoms with E-state index in [1.165, 1.54) is 31.5 Å². The van der Waals surface area contributed by atoms with Crippen molar-refractivity contribution in [2.75, 3.05) is 30.3 Å². The highest BCUT2D eigenvalue weighted by Gasteiger charge is 2.41. The highest BCUT2D eigenvalue weighted by Crippen LogP contribution is 2.31. The number of halogens is 5. The fourth-order valence-electron chi connectivity index (χ4n) is 4.04. The number of aliphatic carboxylic acids is 1. The van der Waals surface area contributed by atoms with Crippen molar-refractivity contribution in [3.05, 3.63) is 72.1 Å². The van der Waals surface area contributed by atoms with Crippen molar-refractivity contribution in [2.45, 2.75) is 43.1 Å². The lowest BCUT2D eigenvalue weighted by molar-refractivity contribution is -0.274. The summed E-state index contributed by atoms with van der Waals surface area (Å²) < 4.78 is 93.4. The van der Waals surface area contributed by atoms with Gasteiger partial charge in [0.05, 0.1) is 4.90 Å². The van der Waals surface area contributed by atoms with Gasteiger partial charge in [-0.05, 0) is 29.8 Å². The Morgan fingerprint density at radius 1 is 1.05 bits per heavy atom. The SMILES string of the molecule is CCC(F)(F)c1ccc(CN)cc1.Nc1cc(N2CCN(S(=O)(=O)c3ccc(OC(F)(F)F)cc3)[C@@H](C(=O)O)C2)ncn1. The lowest BCUT2D eigenvalue weighted by Crippen LogP contribution is -2.58. The van der Waals surface area contributed by atoms with Crippen LogP contribution >= 0.6 is 0 Å². The lowest BCUT2D eigenvalue weighted by Gasteiger charge is -2.38. The van der Waals surface area contributed by atoms with Crippen molar-refractivity contribution in [1.29, 1.82) is 0 Å². The predicted molar refractivity (Wildman–Crippen MR) is 146 cm³/mol. The molecule has 1 saturated heterocycles. The summed E-state index contributed by atoms with van der Waals surface area (Å²) in [6.07, 6.45) is -3.89. The van der Waals surface area contributed by atoms with Gasteiger partial charge >= 0.3 is 12.3 Å². The molecule has 2 aromatic carbocycles. The number of hydrogen-bond acceptors (Lipinski definition) is 9. The third-order valence-corrected chi connectivity index (χ3v) is 8.26. The van der Waals surface area contributed by atoms with E-state index in [2.05, 4.69) is 14.7 Å². The van der Waals surface area contributed by atoms with Crippen molar-refractivity contribution in [3.8, 4) is 5.75 Å². The maximum absolute atomic E-state index is 13.1. The molecule has 17 heteroatoms. The van der Waals surface area contributed by atoms with Crippen molar-refractivity contribution in [1.82, 2.24) is 14.3 Å². The molecule has 4 rings (SSSR count). The van der Waals surface area contributed by atoms with Crippen LogP contribution in [0.15, 0.2) is 65.8 Å². The number of carbonyl (C=O) groups is 1. The van der Waals surface area contributed by atoms with Gasteiger partial charge in [0.25, 0.3) is 5.92 Å². The minimum absolute atomic E-state index is 0.0622. The molecular weight excluding hydrogens is 603 g/mol. The quantitative estimate of drug-likeness (QED) is 0.313. The first kappa shape index (κ1) is 33.4. The van der Waals surface area contributed by atoms with Gasteiger partial charge in [0, 0.05) is 44.2 Å². The maximum atomic E-state index is 13.1. The van der Waals surface area contributed by atoms with Crippen LogP contribution < -0.4 is 21.1 Å². The van der Waals surface area contributed by atoms with Gasteiger partial charge in [-0.1, -0.05) is 31.2 Å². The molecule has 0 spiro atoms. The molecule has 0 bridgehead atoms. The molecule has 1 atom stereocenters. The Morgan fingerprint density at radius 2 is 1.67 bits per heavy atom. The number of alkyl halides is 5. The molecule has 234 valence electrons. The number of nitrogens with zero attached hydrogens (tertiary/aromatic N) is 4. The molecule has 43 heavy (non-hydrogen) atoms. The number of ether oxygens (including phenoxy) is 1. The molecule has 2 heterocycles. The number of carboxylic acids is 1. The second kappa shape index (κ2) is 13.5. The van der Waals surface area contributed by atoms with Crippen molar-refractivity contribution in [3.63, 3.8) is 0 Å². The summed E-state index contributed by atoms with van der Waals surface area (Å²) in [5.41, 5.74) is 11.9. The molecule has 1 aliphatic heterocycles. The molecule has 0 saturated carbocycles. The van der Waals surface area contributed by atoms with Crippen LogP contribution in [0.2, 0.25) is 0 Å².